The Bertz CT molecular complexity index is 200. The average Bonchev–Trinajstić information content (AvgIpc) is 2.28. The molecule has 0 radical (unpaired) electrons. The van der Waals surface area contributed by atoms with Crippen molar-refractivity contribution in [1.29, 1.82) is 0 Å². The molecule has 17 heavy (non-hydrogen) atoms. The number of nitrogens with zero attached hydrogens (tertiary/aromatic N) is 1. The summed E-state index contributed by atoms with van der Waals surface area (Å²) in [5, 5.41) is 12.8. The molecule has 1 rings (SSSR count). The van der Waals surface area contributed by atoms with Crippen molar-refractivity contribution in [1.82, 2.24) is 10.2 Å². The second-order valence-electron chi connectivity index (χ2n) is 6.05. The van der Waals surface area contributed by atoms with Gasteiger partial charge in [-0.2, -0.15) is 0 Å². The summed E-state index contributed by atoms with van der Waals surface area (Å²) in [6, 6.07) is 1.36. The van der Waals surface area contributed by atoms with Gasteiger partial charge in [0.25, 0.3) is 0 Å². The minimum atomic E-state index is 0.208. The van der Waals surface area contributed by atoms with E-state index in [-0.39, 0.29) is 12.6 Å². The van der Waals surface area contributed by atoms with E-state index < -0.39 is 0 Å². The fraction of sp³-hybridized carbons (Fsp3) is 1.00. The fourth-order valence-corrected chi connectivity index (χ4v) is 2.81. The number of hydrogen-bond acceptors (Lipinski definition) is 3. The quantitative estimate of drug-likeness (QED) is 0.746. The van der Waals surface area contributed by atoms with Gasteiger partial charge in [-0.25, -0.2) is 0 Å². The highest BCUT2D eigenvalue weighted by Gasteiger charge is 2.23. The number of hydrogen-bond donors (Lipinski definition) is 2. The summed E-state index contributed by atoms with van der Waals surface area (Å²) in [6.45, 7) is 7.79. The molecule has 0 aromatic rings. The van der Waals surface area contributed by atoms with Crippen LogP contribution in [0.15, 0.2) is 0 Å². The Balaban J connectivity index is 2.33. The monoisotopic (exact) mass is 242 g/mol. The number of aliphatic hydroxyl groups is 1. The molecule has 0 amide bonds. The van der Waals surface area contributed by atoms with E-state index in [0.717, 1.165) is 12.5 Å². The van der Waals surface area contributed by atoms with Crippen LogP contribution in [-0.2, 0) is 0 Å². The molecule has 102 valence electrons. The molecule has 3 nitrogen and oxygen atoms in total. The van der Waals surface area contributed by atoms with Gasteiger partial charge in [0, 0.05) is 24.7 Å². The summed E-state index contributed by atoms with van der Waals surface area (Å²) in [5.41, 5.74) is 0. The lowest BCUT2D eigenvalue weighted by Gasteiger charge is -2.35. The third-order valence-electron chi connectivity index (χ3n) is 3.91. The number of rotatable bonds is 6. The highest BCUT2D eigenvalue weighted by Crippen LogP contribution is 2.26. The molecule has 0 saturated heterocycles. The van der Waals surface area contributed by atoms with E-state index in [4.69, 9.17) is 0 Å². The number of likely N-dealkylation sites (N-methyl/N-ethyl adjacent to an activating group) is 1. The lowest BCUT2D eigenvalue weighted by atomic mass is 9.86. The molecular formula is C14H30N2O. The van der Waals surface area contributed by atoms with E-state index in [2.05, 4.69) is 38.0 Å². The van der Waals surface area contributed by atoms with Crippen LogP contribution in [-0.4, -0.2) is 48.3 Å². The molecule has 0 aliphatic heterocycles. The summed E-state index contributed by atoms with van der Waals surface area (Å²) >= 11 is 0. The molecule has 1 aliphatic carbocycles. The van der Waals surface area contributed by atoms with Crippen molar-refractivity contribution < 1.29 is 5.11 Å². The van der Waals surface area contributed by atoms with Crippen LogP contribution < -0.4 is 5.32 Å². The first kappa shape index (κ1) is 14.9. The van der Waals surface area contributed by atoms with Gasteiger partial charge in [0.05, 0.1) is 6.61 Å². The Morgan fingerprint density at radius 3 is 2.29 bits per heavy atom. The van der Waals surface area contributed by atoms with E-state index in [1.807, 2.05) is 0 Å². The Morgan fingerprint density at radius 1 is 1.24 bits per heavy atom. The molecule has 3 heteroatoms. The molecule has 1 fully saturated rings. The zero-order valence-corrected chi connectivity index (χ0v) is 11.9. The highest BCUT2D eigenvalue weighted by molar-refractivity contribution is 4.80. The molecule has 0 spiro atoms. The molecule has 1 atom stereocenters. The summed E-state index contributed by atoms with van der Waals surface area (Å²) in [4.78, 5) is 2.43. The highest BCUT2D eigenvalue weighted by atomic mass is 16.3. The summed E-state index contributed by atoms with van der Waals surface area (Å²) in [7, 11) is 2.20. The van der Waals surface area contributed by atoms with Gasteiger partial charge < -0.3 is 15.3 Å². The van der Waals surface area contributed by atoms with Gasteiger partial charge >= 0.3 is 0 Å². The standard InChI is InChI=1S/C14H30N2O/c1-11(2)15-13(10-17)9-16(4)14-7-5-12(3)6-8-14/h11-15,17H,5-10H2,1-4H3. The van der Waals surface area contributed by atoms with Crippen molar-refractivity contribution in [3.8, 4) is 0 Å². The third kappa shape index (κ3) is 5.36. The zero-order chi connectivity index (χ0) is 12.8. The van der Waals surface area contributed by atoms with Crippen LogP contribution in [0, 0.1) is 5.92 Å². The predicted molar refractivity (Wildman–Crippen MR) is 73.2 cm³/mol. The summed E-state index contributed by atoms with van der Waals surface area (Å²) in [6.07, 6.45) is 5.35. The topological polar surface area (TPSA) is 35.5 Å². The van der Waals surface area contributed by atoms with Gasteiger partial charge in [0.15, 0.2) is 0 Å². The van der Waals surface area contributed by atoms with Gasteiger partial charge in [0.1, 0.15) is 0 Å². The van der Waals surface area contributed by atoms with Gasteiger partial charge in [-0.05, 0) is 38.6 Å². The van der Waals surface area contributed by atoms with E-state index in [1.54, 1.807) is 0 Å². The van der Waals surface area contributed by atoms with Crippen LogP contribution in [0.4, 0.5) is 0 Å². The number of nitrogens with one attached hydrogen (secondary N) is 1. The Kier molecular flexibility index (Phi) is 6.45. The van der Waals surface area contributed by atoms with Gasteiger partial charge in [-0.15, -0.1) is 0 Å². The zero-order valence-electron chi connectivity index (χ0n) is 11.9. The fourth-order valence-electron chi connectivity index (χ4n) is 2.81. The first-order valence-electron chi connectivity index (χ1n) is 7.10. The van der Waals surface area contributed by atoms with Crippen molar-refractivity contribution in [2.75, 3.05) is 20.2 Å². The van der Waals surface area contributed by atoms with Crippen LogP contribution in [0.1, 0.15) is 46.5 Å². The van der Waals surface area contributed by atoms with Crippen LogP contribution in [0.3, 0.4) is 0 Å². The van der Waals surface area contributed by atoms with E-state index in [9.17, 15) is 5.11 Å². The Hall–Kier alpha value is -0.120. The molecule has 1 unspecified atom stereocenters. The predicted octanol–water partition coefficient (Wildman–Crippen LogP) is 1.86. The normalized spacial score (nSPS) is 27.7. The van der Waals surface area contributed by atoms with Crippen molar-refractivity contribution in [2.45, 2.75) is 64.6 Å². The molecule has 0 aromatic heterocycles. The smallest absolute Gasteiger partial charge is 0.0597 e. The van der Waals surface area contributed by atoms with Crippen LogP contribution in [0.2, 0.25) is 0 Å². The maximum absolute atomic E-state index is 9.38. The van der Waals surface area contributed by atoms with E-state index in [1.165, 1.54) is 25.7 Å². The van der Waals surface area contributed by atoms with Crippen molar-refractivity contribution in [3.63, 3.8) is 0 Å². The molecule has 1 aliphatic rings. The van der Waals surface area contributed by atoms with Crippen LogP contribution >= 0.6 is 0 Å². The first-order chi connectivity index (χ1) is 8.02. The maximum Gasteiger partial charge on any atom is 0.0597 e. The van der Waals surface area contributed by atoms with E-state index in [0.29, 0.717) is 12.1 Å². The Labute approximate surface area is 107 Å². The van der Waals surface area contributed by atoms with Crippen LogP contribution in [0.25, 0.3) is 0 Å². The first-order valence-corrected chi connectivity index (χ1v) is 7.10. The largest absolute Gasteiger partial charge is 0.395 e. The van der Waals surface area contributed by atoms with Crippen molar-refractivity contribution >= 4 is 0 Å². The van der Waals surface area contributed by atoms with Crippen molar-refractivity contribution in [3.05, 3.63) is 0 Å². The lowest BCUT2D eigenvalue weighted by Crippen LogP contribution is -2.48. The SMILES string of the molecule is CC1CCC(N(C)CC(CO)NC(C)C)CC1. The molecule has 0 bridgehead atoms. The second-order valence-corrected chi connectivity index (χ2v) is 6.05. The molecular weight excluding hydrogens is 212 g/mol. The molecule has 0 heterocycles. The summed E-state index contributed by atoms with van der Waals surface area (Å²) < 4.78 is 0. The molecule has 1 saturated carbocycles. The van der Waals surface area contributed by atoms with Gasteiger partial charge in [-0.3, -0.25) is 0 Å². The Morgan fingerprint density at radius 2 is 1.82 bits per heavy atom. The minimum absolute atomic E-state index is 0.208. The maximum atomic E-state index is 9.38. The van der Waals surface area contributed by atoms with Gasteiger partial charge in [0.2, 0.25) is 0 Å². The third-order valence-corrected chi connectivity index (χ3v) is 3.91. The minimum Gasteiger partial charge on any atom is -0.395 e. The molecule has 2 N–H and O–H groups in total. The van der Waals surface area contributed by atoms with Crippen molar-refractivity contribution in [2.24, 2.45) is 5.92 Å². The van der Waals surface area contributed by atoms with Crippen LogP contribution in [0.5, 0.6) is 0 Å². The lowest BCUT2D eigenvalue weighted by molar-refractivity contribution is 0.131. The average molecular weight is 242 g/mol. The van der Waals surface area contributed by atoms with E-state index >= 15 is 0 Å². The van der Waals surface area contributed by atoms with Gasteiger partial charge in [-0.1, -0.05) is 20.8 Å². The molecule has 0 aromatic carbocycles. The number of aliphatic hydroxyl groups excluding tert-OH is 1. The summed E-state index contributed by atoms with van der Waals surface area (Å²) in [5.74, 6) is 0.905. The second kappa shape index (κ2) is 7.34.